The summed E-state index contributed by atoms with van der Waals surface area (Å²) in [7, 11) is 0. The summed E-state index contributed by atoms with van der Waals surface area (Å²) in [5, 5.41) is 7.74. The summed E-state index contributed by atoms with van der Waals surface area (Å²) < 4.78 is 7.45. The van der Waals surface area contributed by atoms with Crippen molar-refractivity contribution in [2.45, 2.75) is 20.8 Å². The van der Waals surface area contributed by atoms with Crippen molar-refractivity contribution in [1.82, 2.24) is 14.7 Å². The minimum Gasteiger partial charge on any atom is -0.494 e. The smallest absolute Gasteiger partial charge is 0.321 e. The largest absolute Gasteiger partial charge is 0.494 e. The van der Waals surface area contributed by atoms with Crippen molar-refractivity contribution in [3.05, 3.63) is 66.0 Å². The minimum atomic E-state index is -0.0720. The zero-order chi connectivity index (χ0) is 21.8. The van der Waals surface area contributed by atoms with E-state index in [2.05, 4.69) is 29.3 Å². The average Bonchev–Trinajstić information content (AvgIpc) is 3.10. The van der Waals surface area contributed by atoms with Crippen LogP contribution in [0, 0.1) is 13.8 Å². The minimum absolute atomic E-state index is 0.0720. The predicted octanol–water partition coefficient (Wildman–Crippen LogP) is 4.24. The van der Waals surface area contributed by atoms with E-state index >= 15 is 0 Å². The molecular formula is C24H29N5O2. The Hall–Kier alpha value is -3.48. The number of ether oxygens (including phenoxy) is 1. The van der Waals surface area contributed by atoms with E-state index in [-0.39, 0.29) is 6.03 Å². The van der Waals surface area contributed by atoms with Crippen LogP contribution in [0.25, 0.3) is 5.69 Å². The maximum absolute atomic E-state index is 12.7. The van der Waals surface area contributed by atoms with Crippen molar-refractivity contribution in [3.63, 3.8) is 0 Å². The molecule has 1 N–H and O–H groups in total. The van der Waals surface area contributed by atoms with Crippen LogP contribution in [-0.2, 0) is 0 Å². The second-order valence-electron chi connectivity index (χ2n) is 7.63. The van der Waals surface area contributed by atoms with Crippen LogP contribution in [0.5, 0.6) is 5.75 Å². The topological polar surface area (TPSA) is 62.6 Å². The second-order valence-corrected chi connectivity index (χ2v) is 7.63. The van der Waals surface area contributed by atoms with Crippen molar-refractivity contribution >= 4 is 17.4 Å². The number of nitrogens with zero attached hydrogens (tertiary/aromatic N) is 4. The van der Waals surface area contributed by atoms with Crippen LogP contribution in [0.1, 0.15) is 18.3 Å². The number of aryl methyl sites for hydroxylation is 1. The fourth-order valence-corrected chi connectivity index (χ4v) is 4.05. The van der Waals surface area contributed by atoms with Crippen molar-refractivity contribution < 1.29 is 9.53 Å². The SMILES string of the molecule is CCOc1ccc(NC(=O)N2CCN(c3c(C)nn(-c4ccccc4)c3C)CC2)cc1. The summed E-state index contributed by atoms with van der Waals surface area (Å²) in [5.74, 6) is 0.802. The lowest BCUT2D eigenvalue weighted by molar-refractivity contribution is 0.208. The summed E-state index contributed by atoms with van der Waals surface area (Å²) in [6, 6.07) is 17.6. The summed E-state index contributed by atoms with van der Waals surface area (Å²) in [5.41, 5.74) is 5.12. The molecule has 0 radical (unpaired) electrons. The number of benzene rings is 2. The number of nitrogens with one attached hydrogen (secondary N) is 1. The van der Waals surface area contributed by atoms with Crippen molar-refractivity contribution in [2.75, 3.05) is 43.0 Å². The van der Waals surface area contributed by atoms with Crippen LogP contribution in [0.15, 0.2) is 54.6 Å². The summed E-state index contributed by atoms with van der Waals surface area (Å²) >= 11 is 0. The molecule has 2 aromatic carbocycles. The predicted molar refractivity (Wildman–Crippen MR) is 123 cm³/mol. The maximum atomic E-state index is 12.7. The van der Waals surface area contributed by atoms with Gasteiger partial charge in [0.15, 0.2) is 0 Å². The Labute approximate surface area is 183 Å². The zero-order valence-corrected chi connectivity index (χ0v) is 18.3. The van der Waals surface area contributed by atoms with Crippen LogP contribution in [-0.4, -0.2) is 53.5 Å². The van der Waals surface area contributed by atoms with E-state index in [0.29, 0.717) is 19.7 Å². The molecule has 2 heterocycles. The Kier molecular flexibility index (Phi) is 6.11. The van der Waals surface area contributed by atoms with Crippen molar-refractivity contribution in [2.24, 2.45) is 0 Å². The summed E-state index contributed by atoms with van der Waals surface area (Å²) in [6.45, 7) is 9.61. The van der Waals surface area contributed by atoms with Crippen molar-refractivity contribution in [1.29, 1.82) is 0 Å². The van der Waals surface area contributed by atoms with Crippen LogP contribution in [0.3, 0.4) is 0 Å². The molecule has 0 unspecified atom stereocenters. The summed E-state index contributed by atoms with van der Waals surface area (Å²) in [4.78, 5) is 16.9. The third-order valence-electron chi connectivity index (χ3n) is 5.55. The Balaban J connectivity index is 1.38. The Bertz CT molecular complexity index is 1020. The first kappa shape index (κ1) is 20.8. The number of aromatic nitrogens is 2. The molecule has 31 heavy (non-hydrogen) atoms. The summed E-state index contributed by atoms with van der Waals surface area (Å²) in [6.07, 6.45) is 0. The number of carbonyl (C=O) groups excluding carboxylic acids is 1. The highest BCUT2D eigenvalue weighted by atomic mass is 16.5. The number of para-hydroxylation sites is 1. The number of anilines is 2. The van der Waals surface area contributed by atoms with Crippen LogP contribution >= 0.6 is 0 Å². The lowest BCUT2D eigenvalue weighted by Gasteiger charge is -2.36. The van der Waals surface area contributed by atoms with E-state index in [1.807, 2.05) is 65.9 Å². The van der Waals surface area contributed by atoms with Gasteiger partial charge in [0.05, 0.1) is 29.4 Å². The Morgan fingerprint density at radius 3 is 2.32 bits per heavy atom. The fraction of sp³-hybridized carbons (Fsp3) is 0.333. The monoisotopic (exact) mass is 419 g/mol. The number of carbonyl (C=O) groups is 1. The second kappa shape index (κ2) is 9.12. The lowest BCUT2D eigenvalue weighted by atomic mass is 10.2. The molecule has 162 valence electrons. The molecule has 1 saturated heterocycles. The molecule has 1 fully saturated rings. The normalized spacial score (nSPS) is 13.9. The lowest BCUT2D eigenvalue weighted by Crippen LogP contribution is -2.50. The van der Waals surface area contributed by atoms with Gasteiger partial charge in [-0.05, 0) is 57.2 Å². The molecule has 0 spiro atoms. The third-order valence-corrected chi connectivity index (χ3v) is 5.55. The van der Waals surface area contributed by atoms with Gasteiger partial charge in [0.1, 0.15) is 5.75 Å². The van der Waals surface area contributed by atoms with Gasteiger partial charge in [0.25, 0.3) is 0 Å². The molecule has 0 atom stereocenters. The highest BCUT2D eigenvalue weighted by Crippen LogP contribution is 2.28. The van der Waals surface area contributed by atoms with Gasteiger partial charge in [-0.15, -0.1) is 0 Å². The molecule has 0 saturated carbocycles. The van der Waals surface area contributed by atoms with E-state index in [1.54, 1.807) is 0 Å². The van der Waals surface area contributed by atoms with Gasteiger partial charge >= 0.3 is 6.03 Å². The maximum Gasteiger partial charge on any atom is 0.321 e. The van der Waals surface area contributed by atoms with Crippen molar-refractivity contribution in [3.8, 4) is 11.4 Å². The molecule has 7 nitrogen and oxygen atoms in total. The van der Waals surface area contributed by atoms with Crippen LogP contribution in [0.4, 0.5) is 16.2 Å². The number of hydrogen-bond acceptors (Lipinski definition) is 4. The van der Waals surface area contributed by atoms with Crippen LogP contribution < -0.4 is 15.0 Å². The van der Waals surface area contributed by atoms with E-state index in [9.17, 15) is 4.79 Å². The molecule has 2 amide bonds. The van der Waals surface area contributed by atoms with Gasteiger partial charge in [0, 0.05) is 31.9 Å². The van der Waals surface area contributed by atoms with Gasteiger partial charge in [-0.2, -0.15) is 5.10 Å². The average molecular weight is 420 g/mol. The van der Waals surface area contributed by atoms with Gasteiger partial charge in [-0.3, -0.25) is 0 Å². The molecule has 0 aliphatic carbocycles. The number of hydrogen-bond donors (Lipinski definition) is 1. The number of rotatable bonds is 5. The highest BCUT2D eigenvalue weighted by molar-refractivity contribution is 5.89. The Morgan fingerprint density at radius 1 is 1.00 bits per heavy atom. The quantitative estimate of drug-likeness (QED) is 0.672. The molecule has 1 aliphatic rings. The van der Waals surface area contributed by atoms with E-state index in [0.717, 1.165) is 47.3 Å². The van der Waals surface area contributed by atoms with Gasteiger partial charge < -0.3 is 19.9 Å². The number of urea groups is 1. The van der Waals surface area contributed by atoms with E-state index < -0.39 is 0 Å². The van der Waals surface area contributed by atoms with E-state index in [1.165, 1.54) is 0 Å². The first-order chi connectivity index (χ1) is 15.1. The van der Waals surface area contributed by atoms with Crippen LogP contribution in [0.2, 0.25) is 0 Å². The third kappa shape index (κ3) is 4.50. The molecular weight excluding hydrogens is 390 g/mol. The molecule has 0 bridgehead atoms. The van der Waals surface area contributed by atoms with Gasteiger partial charge in [-0.1, -0.05) is 18.2 Å². The van der Waals surface area contributed by atoms with E-state index in [4.69, 9.17) is 9.84 Å². The molecule has 4 rings (SSSR count). The standard InChI is InChI=1S/C24H29N5O2/c1-4-31-22-12-10-20(11-13-22)25-24(30)28-16-14-27(15-17-28)23-18(2)26-29(19(23)3)21-8-6-5-7-9-21/h5-13H,4,14-17H2,1-3H3,(H,25,30). The van der Waals surface area contributed by atoms with Gasteiger partial charge in [0.2, 0.25) is 0 Å². The molecule has 3 aromatic rings. The molecule has 1 aliphatic heterocycles. The molecule has 7 heteroatoms. The highest BCUT2D eigenvalue weighted by Gasteiger charge is 2.25. The first-order valence-electron chi connectivity index (χ1n) is 10.7. The zero-order valence-electron chi connectivity index (χ0n) is 18.3. The Morgan fingerprint density at radius 2 is 1.68 bits per heavy atom. The molecule has 1 aromatic heterocycles. The number of piperazine rings is 1. The first-order valence-corrected chi connectivity index (χ1v) is 10.7. The number of amides is 2. The van der Waals surface area contributed by atoms with Gasteiger partial charge in [-0.25, -0.2) is 9.48 Å². The fourth-order valence-electron chi connectivity index (χ4n) is 4.05.